The number of alkyl halides is 3. The number of halogens is 3. The van der Waals surface area contributed by atoms with Gasteiger partial charge in [-0.3, -0.25) is 18.4 Å². The number of phosphoric acid groups is 1. The summed E-state index contributed by atoms with van der Waals surface area (Å²) in [6.45, 7) is 3.30. The van der Waals surface area contributed by atoms with Crippen molar-refractivity contribution in [3.63, 3.8) is 0 Å². The van der Waals surface area contributed by atoms with Gasteiger partial charge < -0.3 is 5.32 Å². The normalized spacial score (nSPS) is 12.4. The van der Waals surface area contributed by atoms with Crippen LogP contribution < -0.4 is 5.32 Å². The topological polar surface area (TPSA) is 73.9 Å². The van der Waals surface area contributed by atoms with Gasteiger partial charge in [0.2, 0.25) is 0 Å². The van der Waals surface area contributed by atoms with Gasteiger partial charge in [0, 0.05) is 6.54 Å². The van der Waals surface area contributed by atoms with Crippen LogP contribution in [0.3, 0.4) is 0 Å². The highest BCUT2D eigenvalue weighted by atomic mass is 31.2. The Kier molecular flexibility index (Phi) is 10.7. The highest BCUT2D eigenvalue weighted by Crippen LogP contribution is 2.49. The summed E-state index contributed by atoms with van der Waals surface area (Å²) in [5.41, 5.74) is 0. The zero-order valence-electron chi connectivity index (χ0n) is 12.8. The summed E-state index contributed by atoms with van der Waals surface area (Å²) in [7, 11) is -3.81. The predicted octanol–water partition coefficient (Wildman–Crippen LogP) is 3.42. The molecule has 1 amide bonds. The van der Waals surface area contributed by atoms with Crippen molar-refractivity contribution < 1.29 is 36.1 Å². The fraction of sp³-hybridized carbons (Fsp3) is 0.917. The third kappa shape index (κ3) is 10.2. The largest absolute Gasteiger partial charge is 0.474 e. The van der Waals surface area contributed by atoms with E-state index in [0.717, 1.165) is 12.8 Å². The van der Waals surface area contributed by atoms with E-state index in [1.807, 2.05) is 13.8 Å². The molecular weight excluding hydrogens is 326 g/mol. The lowest BCUT2D eigenvalue weighted by Crippen LogP contribution is -2.38. The quantitative estimate of drug-likeness (QED) is 0.432. The van der Waals surface area contributed by atoms with Crippen molar-refractivity contribution in [1.29, 1.82) is 0 Å². The second-order valence-electron chi connectivity index (χ2n) is 4.41. The number of rotatable bonds is 12. The summed E-state index contributed by atoms with van der Waals surface area (Å²) >= 11 is 0. The van der Waals surface area contributed by atoms with Crippen molar-refractivity contribution in [2.75, 3.05) is 26.4 Å². The smallest absolute Gasteiger partial charge is 0.346 e. The minimum Gasteiger partial charge on any atom is -0.346 e. The third-order valence-electron chi connectivity index (χ3n) is 2.39. The number of amides is 1. The first-order valence-corrected chi connectivity index (χ1v) is 8.60. The van der Waals surface area contributed by atoms with E-state index in [1.54, 1.807) is 5.32 Å². The van der Waals surface area contributed by atoms with Gasteiger partial charge in [-0.25, -0.2) is 4.57 Å². The van der Waals surface area contributed by atoms with Gasteiger partial charge in [-0.1, -0.05) is 26.7 Å². The average molecular weight is 349 g/mol. The Hall–Kier alpha value is -0.630. The molecule has 0 fully saturated rings. The zero-order valence-corrected chi connectivity index (χ0v) is 13.7. The number of nitrogens with one attached hydrogen (secondary N) is 1. The molecule has 0 heterocycles. The molecule has 0 bridgehead atoms. The van der Waals surface area contributed by atoms with Gasteiger partial charge in [-0.2, -0.15) is 13.2 Å². The van der Waals surface area contributed by atoms with Crippen LogP contribution in [0, 0.1) is 0 Å². The highest BCUT2D eigenvalue weighted by molar-refractivity contribution is 7.48. The Bertz CT molecular complexity index is 351. The number of phosphoric ester groups is 1. The van der Waals surface area contributed by atoms with Crippen molar-refractivity contribution in [2.45, 2.75) is 45.7 Å². The lowest BCUT2D eigenvalue weighted by Gasteiger charge is -2.18. The van der Waals surface area contributed by atoms with Crippen LogP contribution in [-0.2, 0) is 22.9 Å². The van der Waals surface area contributed by atoms with Crippen LogP contribution >= 0.6 is 7.82 Å². The summed E-state index contributed by atoms with van der Waals surface area (Å²) in [4.78, 5) is 10.6. The van der Waals surface area contributed by atoms with E-state index in [9.17, 15) is 22.5 Å². The number of hydrogen-bond acceptors (Lipinski definition) is 5. The van der Waals surface area contributed by atoms with Crippen LogP contribution in [0.2, 0.25) is 0 Å². The average Bonchev–Trinajstić information content (AvgIpc) is 2.43. The van der Waals surface area contributed by atoms with Gasteiger partial charge in [0.1, 0.15) is 0 Å². The summed E-state index contributed by atoms with van der Waals surface area (Å²) in [6, 6.07) is 0. The molecule has 0 aromatic rings. The molecule has 0 aromatic heterocycles. The van der Waals surface area contributed by atoms with Crippen LogP contribution in [0.1, 0.15) is 39.5 Å². The number of carbonyl (C=O) groups excluding carboxylic acids is 1. The van der Waals surface area contributed by atoms with Gasteiger partial charge in [-0.05, 0) is 12.8 Å². The van der Waals surface area contributed by atoms with Crippen molar-refractivity contribution in [3.05, 3.63) is 0 Å². The molecule has 0 aliphatic carbocycles. The van der Waals surface area contributed by atoms with Crippen molar-refractivity contribution in [2.24, 2.45) is 0 Å². The molecule has 6 nitrogen and oxygen atoms in total. The highest BCUT2D eigenvalue weighted by Gasteiger charge is 2.38. The molecule has 0 unspecified atom stereocenters. The first-order chi connectivity index (χ1) is 10.2. The van der Waals surface area contributed by atoms with E-state index in [1.165, 1.54) is 0 Å². The number of hydrogen-bond donors (Lipinski definition) is 1. The summed E-state index contributed by atoms with van der Waals surface area (Å²) in [6.07, 6.45) is -2.03. The number of unbranched alkanes of at least 4 members (excludes halogenated alkanes) is 2. The van der Waals surface area contributed by atoms with E-state index < -0.39 is 33.1 Å². The van der Waals surface area contributed by atoms with E-state index in [0.29, 0.717) is 12.8 Å². The molecule has 22 heavy (non-hydrogen) atoms. The van der Waals surface area contributed by atoms with Gasteiger partial charge >= 0.3 is 19.9 Å². The first-order valence-electron chi connectivity index (χ1n) is 7.14. The molecule has 0 aliphatic rings. The molecule has 0 saturated heterocycles. The van der Waals surface area contributed by atoms with Crippen LogP contribution in [0.4, 0.5) is 13.2 Å². The monoisotopic (exact) mass is 349 g/mol. The molecular formula is C12H23F3NO5P. The molecule has 0 aromatic carbocycles. The van der Waals surface area contributed by atoms with Crippen molar-refractivity contribution >= 4 is 13.7 Å². The Labute approximate surface area is 128 Å². The summed E-state index contributed by atoms with van der Waals surface area (Å²) in [5.74, 6) is -2.08. The molecule has 0 saturated carbocycles. The van der Waals surface area contributed by atoms with Gasteiger partial charge in [0.15, 0.2) is 0 Å². The molecule has 0 aliphatic heterocycles. The molecule has 0 spiro atoms. The Morgan fingerprint density at radius 3 is 1.86 bits per heavy atom. The Morgan fingerprint density at radius 1 is 1.00 bits per heavy atom. The summed E-state index contributed by atoms with van der Waals surface area (Å²) < 4.78 is 63.1. The van der Waals surface area contributed by atoms with Crippen LogP contribution in [-0.4, -0.2) is 38.4 Å². The standard InChI is InChI=1S/C12H23F3NO5P/c1-3-5-8-19-22(18,20-9-6-4-2)21-10-7-16-11(17)12(13,14)15/h3-10H2,1-2H3,(H,16,17). The van der Waals surface area contributed by atoms with Gasteiger partial charge in [0.05, 0.1) is 19.8 Å². The van der Waals surface area contributed by atoms with E-state index >= 15 is 0 Å². The van der Waals surface area contributed by atoms with E-state index in [2.05, 4.69) is 0 Å². The van der Waals surface area contributed by atoms with Crippen molar-refractivity contribution in [3.8, 4) is 0 Å². The molecule has 0 atom stereocenters. The maximum absolute atomic E-state index is 12.2. The predicted molar refractivity (Wildman–Crippen MR) is 74.3 cm³/mol. The van der Waals surface area contributed by atoms with Crippen LogP contribution in [0.5, 0.6) is 0 Å². The van der Waals surface area contributed by atoms with E-state index in [4.69, 9.17) is 13.6 Å². The lowest BCUT2D eigenvalue weighted by molar-refractivity contribution is -0.173. The Morgan fingerprint density at radius 2 is 1.45 bits per heavy atom. The minimum absolute atomic E-state index is 0.162. The first kappa shape index (κ1) is 21.4. The van der Waals surface area contributed by atoms with Gasteiger partial charge in [-0.15, -0.1) is 0 Å². The molecule has 1 N–H and O–H groups in total. The van der Waals surface area contributed by atoms with Crippen molar-refractivity contribution in [1.82, 2.24) is 5.32 Å². The molecule has 10 heteroatoms. The van der Waals surface area contributed by atoms with Crippen LogP contribution in [0.15, 0.2) is 0 Å². The van der Waals surface area contributed by atoms with Gasteiger partial charge in [0.25, 0.3) is 0 Å². The number of carbonyl (C=O) groups is 1. The minimum atomic E-state index is -4.96. The maximum atomic E-state index is 12.2. The second kappa shape index (κ2) is 11.0. The molecule has 132 valence electrons. The van der Waals surface area contributed by atoms with Crippen LogP contribution in [0.25, 0.3) is 0 Å². The zero-order chi connectivity index (χ0) is 17.1. The molecule has 0 rings (SSSR count). The lowest BCUT2D eigenvalue weighted by atomic mass is 10.4. The maximum Gasteiger partial charge on any atom is 0.474 e. The fourth-order valence-corrected chi connectivity index (χ4v) is 2.42. The molecule has 0 radical (unpaired) electrons. The van der Waals surface area contributed by atoms with E-state index in [-0.39, 0.29) is 13.2 Å². The second-order valence-corrected chi connectivity index (χ2v) is 6.08. The fourth-order valence-electron chi connectivity index (χ4n) is 1.18. The SMILES string of the molecule is CCCCOP(=O)(OCCCC)OCCNC(=O)C(F)(F)F. The summed E-state index contributed by atoms with van der Waals surface area (Å²) in [5, 5.41) is 1.61. The third-order valence-corrected chi connectivity index (χ3v) is 3.89. The Balaban J connectivity index is 4.21.